The molecule has 0 fully saturated rings. The van der Waals surface area contributed by atoms with E-state index in [-0.39, 0.29) is 40.1 Å². The number of carbonyl (C=O) groups is 2. The monoisotopic (exact) mass is 511 g/mol. The Morgan fingerprint density at radius 3 is 2.19 bits per heavy atom. The maximum absolute atomic E-state index is 14.8. The minimum atomic E-state index is -0.623. The Labute approximate surface area is 219 Å². The Kier molecular flexibility index (Phi) is 6.52. The van der Waals surface area contributed by atoms with Gasteiger partial charge in [0, 0.05) is 24.1 Å². The average Bonchev–Trinajstić information content (AvgIpc) is 3.22. The van der Waals surface area contributed by atoms with Crippen LogP contribution in [0.15, 0.2) is 90.7 Å². The van der Waals surface area contributed by atoms with Crippen molar-refractivity contribution >= 4 is 39.2 Å². The molecule has 1 aromatic heterocycles. The van der Waals surface area contributed by atoms with E-state index in [1.807, 2.05) is 74.5 Å². The molecule has 3 aromatic carbocycles. The fourth-order valence-electron chi connectivity index (χ4n) is 4.77. The van der Waals surface area contributed by atoms with E-state index in [4.69, 9.17) is 0 Å². The summed E-state index contributed by atoms with van der Waals surface area (Å²) < 4.78 is 14.8. The summed E-state index contributed by atoms with van der Waals surface area (Å²) in [5, 5.41) is 14.9. The second-order valence-corrected chi connectivity index (χ2v) is 11.0. The van der Waals surface area contributed by atoms with Gasteiger partial charge in [-0.3, -0.25) is 9.59 Å². The first kappa shape index (κ1) is 24.7. The number of hydrogen-bond donors (Lipinski definition) is 2. The van der Waals surface area contributed by atoms with Crippen LogP contribution in [0, 0.1) is 11.2 Å². The Hall–Kier alpha value is -4.03. The van der Waals surface area contributed by atoms with Gasteiger partial charge in [-0.1, -0.05) is 74.5 Å². The van der Waals surface area contributed by atoms with Gasteiger partial charge >= 0.3 is 0 Å². The van der Waals surface area contributed by atoms with Crippen LogP contribution in [0.4, 0.5) is 15.1 Å². The number of para-hydroxylation sites is 1. The second-order valence-electron chi connectivity index (χ2n) is 9.94. The molecule has 0 aliphatic heterocycles. The first-order valence-corrected chi connectivity index (χ1v) is 12.9. The number of nitrogens with one attached hydrogen (secondary N) is 1. The normalized spacial score (nSPS) is 15.1. The number of ketones is 2. The third kappa shape index (κ3) is 4.85. The molecule has 0 unspecified atom stereocenters. The highest BCUT2D eigenvalue weighted by molar-refractivity contribution is 7.18. The van der Waals surface area contributed by atoms with Gasteiger partial charge in [0.25, 0.3) is 0 Å². The fourth-order valence-corrected chi connectivity index (χ4v) is 6.10. The molecule has 0 amide bonds. The summed E-state index contributed by atoms with van der Waals surface area (Å²) in [6.45, 7) is 3.89. The lowest BCUT2D eigenvalue weighted by molar-refractivity contribution is -0.116. The molecule has 1 heterocycles. The van der Waals surface area contributed by atoms with Crippen LogP contribution in [0.1, 0.15) is 47.5 Å². The summed E-state index contributed by atoms with van der Waals surface area (Å²) in [7, 11) is 0. The van der Waals surface area contributed by atoms with Crippen LogP contribution in [0.3, 0.4) is 0 Å². The zero-order valence-corrected chi connectivity index (χ0v) is 21.4. The van der Waals surface area contributed by atoms with Crippen LogP contribution >= 0.6 is 11.3 Å². The Morgan fingerprint density at radius 1 is 0.919 bits per heavy atom. The van der Waals surface area contributed by atoms with Crippen molar-refractivity contribution in [1.82, 2.24) is 0 Å². The van der Waals surface area contributed by atoms with Gasteiger partial charge in [-0.05, 0) is 35.2 Å². The average molecular weight is 512 g/mol. The van der Waals surface area contributed by atoms with Gasteiger partial charge in [0.15, 0.2) is 11.6 Å². The molecule has 186 valence electrons. The van der Waals surface area contributed by atoms with Gasteiger partial charge in [0.2, 0.25) is 0 Å². The minimum Gasteiger partial charge on any atom is -0.511 e. The summed E-state index contributed by atoms with van der Waals surface area (Å²) in [5.74, 6) is -1.29. The van der Waals surface area contributed by atoms with E-state index < -0.39 is 11.6 Å². The molecule has 0 bridgehead atoms. The van der Waals surface area contributed by atoms with Crippen LogP contribution < -0.4 is 5.32 Å². The highest BCUT2D eigenvalue weighted by Gasteiger charge is 2.37. The molecule has 0 spiro atoms. The Balaban J connectivity index is 1.81. The molecule has 37 heavy (non-hydrogen) atoms. The molecule has 6 heteroatoms. The van der Waals surface area contributed by atoms with Crippen molar-refractivity contribution in [2.45, 2.75) is 26.7 Å². The number of anilines is 2. The minimum absolute atomic E-state index is 0.0100. The standard InChI is InChI=1S/C31H26FNO3S/c1-31(2)17-23(34)26(24(35)18-31)29-25(19-11-5-3-6-12-19)27(28(36)21-15-9-10-16-22(21)32)30(37-29)33-20-13-7-4-8-14-20/h3-16,33-34H,17-18H2,1-2H3. The molecular formula is C31H26FNO3S. The molecule has 0 saturated carbocycles. The van der Waals surface area contributed by atoms with E-state index in [1.165, 1.54) is 29.5 Å². The fraction of sp³-hybridized carbons (Fsp3) is 0.161. The predicted octanol–water partition coefficient (Wildman–Crippen LogP) is 8.19. The number of rotatable bonds is 6. The van der Waals surface area contributed by atoms with Gasteiger partial charge in [0.1, 0.15) is 16.6 Å². The SMILES string of the molecule is CC1(C)CC(=O)C(c2sc(Nc3ccccc3)c(C(=O)c3ccccc3F)c2-c2ccccc2)=C(O)C1. The van der Waals surface area contributed by atoms with E-state index in [9.17, 15) is 19.1 Å². The van der Waals surface area contributed by atoms with Crippen LogP contribution in [0.25, 0.3) is 16.7 Å². The number of halogens is 1. The van der Waals surface area contributed by atoms with Gasteiger partial charge in [0.05, 0.1) is 21.6 Å². The maximum Gasteiger partial charge on any atom is 0.199 e. The molecule has 1 aliphatic carbocycles. The third-order valence-corrected chi connectivity index (χ3v) is 7.55. The van der Waals surface area contributed by atoms with Crippen molar-refractivity contribution in [3.8, 4) is 11.1 Å². The molecule has 1 aliphatic rings. The smallest absolute Gasteiger partial charge is 0.199 e. The lowest BCUT2D eigenvalue weighted by atomic mass is 9.75. The van der Waals surface area contributed by atoms with Crippen LogP contribution in [-0.2, 0) is 4.79 Å². The quantitative estimate of drug-likeness (QED) is 0.256. The topological polar surface area (TPSA) is 66.4 Å². The van der Waals surface area contributed by atoms with Crippen LogP contribution in [-0.4, -0.2) is 16.7 Å². The van der Waals surface area contributed by atoms with Crippen LogP contribution in [0.2, 0.25) is 0 Å². The molecular weight excluding hydrogens is 485 g/mol. The van der Waals surface area contributed by atoms with E-state index in [0.29, 0.717) is 27.4 Å². The lowest BCUT2D eigenvalue weighted by Gasteiger charge is -2.29. The largest absolute Gasteiger partial charge is 0.511 e. The highest BCUT2D eigenvalue weighted by Crippen LogP contribution is 2.49. The molecule has 0 saturated heterocycles. The molecule has 2 N–H and O–H groups in total. The van der Waals surface area contributed by atoms with Gasteiger partial charge in [-0.25, -0.2) is 4.39 Å². The van der Waals surface area contributed by atoms with E-state index >= 15 is 0 Å². The number of aliphatic hydroxyl groups is 1. The van der Waals surface area contributed by atoms with Crippen molar-refractivity contribution in [2.75, 3.05) is 5.32 Å². The summed E-state index contributed by atoms with van der Waals surface area (Å²) in [6.07, 6.45) is 0.620. The summed E-state index contributed by atoms with van der Waals surface area (Å²) in [4.78, 5) is 27.9. The van der Waals surface area contributed by atoms with Crippen molar-refractivity contribution < 1.29 is 19.1 Å². The zero-order valence-electron chi connectivity index (χ0n) is 20.5. The molecule has 0 atom stereocenters. The van der Waals surface area contributed by atoms with Gasteiger partial charge < -0.3 is 10.4 Å². The number of aliphatic hydroxyl groups excluding tert-OH is 1. The van der Waals surface area contributed by atoms with Crippen LogP contribution in [0.5, 0.6) is 0 Å². The van der Waals surface area contributed by atoms with E-state index in [0.717, 1.165) is 5.69 Å². The molecule has 4 aromatic rings. The summed E-state index contributed by atoms with van der Waals surface area (Å²) in [6, 6.07) is 24.5. The number of allylic oxidation sites excluding steroid dienone is 2. The number of thiophene rings is 1. The Bertz CT molecular complexity index is 1520. The second kappa shape index (κ2) is 9.79. The van der Waals surface area contributed by atoms with Gasteiger partial charge in [-0.2, -0.15) is 0 Å². The predicted molar refractivity (Wildman–Crippen MR) is 147 cm³/mol. The van der Waals surface area contributed by atoms with Crippen molar-refractivity contribution in [3.63, 3.8) is 0 Å². The van der Waals surface area contributed by atoms with Crippen molar-refractivity contribution in [3.05, 3.63) is 113 Å². The molecule has 5 rings (SSSR count). The first-order valence-electron chi connectivity index (χ1n) is 12.0. The number of Topliss-reactive ketones (excluding diaryl/α,β-unsaturated/α-hetero) is 1. The lowest BCUT2D eigenvalue weighted by Crippen LogP contribution is -2.25. The summed E-state index contributed by atoms with van der Waals surface area (Å²) >= 11 is 1.23. The number of carbonyl (C=O) groups excluding carboxylic acids is 2. The van der Waals surface area contributed by atoms with Gasteiger partial charge in [-0.15, -0.1) is 11.3 Å². The Morgan fingerprint density at radius 2 is 1.54 bits per heavy atom. The maximum atomic E-state index is 14.8. The van der Waals surface area contributed by atoms with Crippen molar-refractivity contribution in [1.29, 1.82) is 0 Å². The van der Waals surface area contributed by atoms with E-state index in [2.05, 4.69) is 5.32 Å². The van der Waals surface area contributed by atoms with E-state index in [1.54, 1.807) is 6.07 Å². The number of benzene rings is 3. The number of hydrogen-bond acceptors (Lipinski definition) is 5. The highest BCUT2D eigenvalue weighted by atomic mass is 32.1. The summed E-state index contributed by atoms with van der Waals surface area (Å²) in [5.41, 5.74) is 2.01. The molecule has 4 nitrogen and oxygen atoms in total. The van der Waals surface area contributed by atoms with Crippen molar-refractivity contribution in [2.24, 2.45) is 5.41 Å². The first-order chi connectivity index (χ1) is 17.7. The molecule has 0 radical (unpaired) electrons. The third-order valence-electron chi connectivity index (χ3n) is 6.43. The zero-order chi connectivity index (χ0) is 26.2.